The highest BCUT2D eigenvalue weighted by Gasteiger charge is 2.09. The normalized spacial score (nSPS) is 14.3. The van der Waals surface area contributed by atoms with E-state index in [0.29, 0.717) is 5.95 Å². The highest BCUT2D eigenvalue weighted by molar-refractivity contribution is 5.95. The van der Waals surface area contributed by atoms with Gasteiger partial charge in [0.05, 0.1) is 19.5 Å². The molecule has 1 saturated heterocycles. The zero-order chi connectivity index (χ0) is 20.9. The molecule has 0 bridgehead atoms. The summed E-state index contributed by atoms with van der Waals surface area (Å²) in [6.07, 6.45) is 10.2. The van der Waals surface area contributed by atoms with E-state index in [2.05, 4.69) is 72.8 Å². The average molecular weight is 408 g/mol. The van der Waals surface area contributed by atoms with E-state index in [0.717, 1.165) is 48.3 Å². The van der Waals surface area contributed by atoms with Gasteiger partial charge in [-0.15, -0.1) is 0 Å². The van der Waals surface area contributed by atoms with E-state index in [1.54, 1.807) is 6.26 Å². The lowest BCUT2D eigenvalue weighted by Crippen LogP contribution is -2.06. The molecule has 0 unspecified atom stereocenters. The second-order valence-electron chi connectivity index (χ2n) is 7.65. The van der Waals surface area contributed by atoms with Crippen molar-refractivity contribution >= 4 is 29.0 Å². The molecule has 1 aromatic heterocycles. The van der Waals surface area contributed by atoms with Gasteiger partial charge in [-0.05, 0) is 46.9 Å². The minimum Gasteiger partial charge on any atom is -0.434 e. The molecular weight excluding hydrogens is 384 g/mol. The molecule has 0 aliphatic carbocycles. The molecule has 31 heavy (non-hydrogen) atoms. The quantitative estimate of drug-likeness (QED) is 0.319. The Morgan fingerprint density at radius 2 is 1.55 bits per heavy atom. The number of hydrogen-bond acceptors (Lipinski definition) is 3. The van der Waals surface area contributed by atoms with E-state index in [9.17, 15) is 0 Å². The Morgan fingerprint density at radius 3 is 2.35 bits per heavy atom. The first-order valence-corrected chi connectivity index (χ1v) is 10.6. The van der Waals surface area contributed by atoms with Crippen LogP contribution in [0, 0.1) is 0 Å². The Kier molecular flexibility index (Phi) is 5.68. The molecule has 0 atom stereocenters. The molecule has 0 saturated carbocycles. The van der Waals surface area contributed by atoms with Crippen LogP contribution in [0.3, 0.4) is 0 Å². The number of hydrogen-bond donors (Lipinski definition) is 0. The fraction of sp³-hybridized carbons (Fsp3) is 0.143. The third-order valence-electron chi connectivity index (χ3n) is 5.52. The summed E-state index contributed by atoms with van der Waals surface area (Å²) >= 11 is 0. The highest BCUT2D eigenvalue weighted by atomic mass is 16.6. The summed E-state index contributed by atoms with van der Waals surface area (Å²) in [5.41, 5.74) is 4.87. The molecule has 1 fully saturated rings. The predicted octanol–water partition coefficient (Wildman–Crippen LogP) is 7.59. The summed E-state index contributed by atoms with van der Waals surface area (Å²) < 4.78 is 16.8. The van der Waals surface area contributed by atoms with Gasteiger partial charge in [0.1, 0.15) is 5.75 Å². The molecule has 0 spiro atoms. The van der Waals surface area contributed by atoms with Crippen LogP contribution in [-0.4, -0.2) is 13.2 Å². The summed E-state index contributed by atoms with van der Waals surface area (Å²) in [5, 5.41) is 2.32. The molecule has 3 heteroatoms. The Balaban J connectivity index is 1.43. The van der Waals surface area contributed by atoms with Crippen LogP contribution in [0.2, 0.25) is 0 Å². The van der Waals surface area contributed by atoms with Gasteiger partial charge < -0.3 is 13.9 Å². The van der Waals surface area contributed by atoms with Crippen LogP contribution in [0.4, 0.5) is 0 Å². The van der Waals surface area contributed by atoms with Crippen molar-refractivity contribution in [3.05, 3.63) is 101 Å². The average Bonchev–Trinajstić information content (AvgIpc) is 3.33. The topological polar surface area (TPSA) is 31.6 Å². The van der Waals surface area contributed by atoms with Crippen molar-refractivity contribution < 1.29 is 13.9 Å². The zero-order valence-corrected chi connectivity index (χ0v) is 17.3. The highest BCUT2D eigenvalue weighted by Crippen LogP contribution is 2.33. The lowest BCUT2D eigenvalue weighted by atomic mass is 10.0. The van der Waals surface area contributed by atoms with Crippen molar-refractivity contribution in [1.29, 1.82) is 0 Å². The zero-order valence-electron chi connectivity index (χ0n) is 17.3. The Bertz CT molecular complexity index is 1210. The molecule has 3 nitrogen and oxygen atoms in total. The SMILES string of the molecule is C(=C1CCOCC1)c1ccc(/C=C\c2c(Oc3ccco3)ccc3ccccc23)cc1. The van der Waals surface area contributed by atoms with Gasteiger partial charge in [0.2, 0.25) is 0 Å². The molecule has 0 N–H and O–H groups in total. The van der Waals surface area contributed by atoms with Gasteiger partial charge >= 0.3 is 0 Å². The summed E-state index contributed by atoms with van der Waals surface area (Å²) in [7, 11) is 0. The number of ether oxygens (including phenoxy) is 2. The van der Waals surface area contributed by atoms with Gasteiger partial charge in [-0.1, -0.05) is 78.4 Å². The van der Waals surface area contributed by atoms with Crippen LogP contribution in [0.15, 0.2) is 89.0 Å². The number of fused-ring (bicyclic) bond motifs is 1. The third kappa shape index (κ3) is 4.62. The van der Waals surface area contributed by atoms with Crippen molar-refractivity contribution in [1.82, 2.24) is 0 Å². The summed E-state index contributed by atoms with van der Waals surface area (Å²) in [4.78, 5) is 0. The van der Waals surface area contributed by atoms with E-state index in [4.69, 9.17) is 13.9 Å². The maximum absolute atomic E-state index is 6.01. The first kappa shape index (κ1) is 19.4. The predicted molar refractivity (Wildman–Crippen MR) is 126 cm³/mol. The molecule has 1 aliphatic heterocycles. The molecule has 0 amide bonds. The minimum atomic E-state index is 0.482. The van der Waals surface area contributed by atoms with Gasteiger partial charge in [0, 0.05) is 11.6 Å². The molecule has 4 aromatic rings. The molecule has 0 radical (unpaired) electrons. The Hall–Kier alpha value is -3.56. The molecule has 2 heterocycles. The van der Waals surface area contributed by atoms with Gasteiger partial charge in [-0.25, -0.2) is 0 Å². The molecule has 5 rings (SSSR count). The standard InChI is InChI=1S/C28H24O3/c1-2-5-25-24(4-1)12-14-27(31-28-6-3-17-30-28)26(25)13-11-21-7-9-22(10-8-21)20-23-15-18-29-19-16-23/h1-14,17,20H,15-16,18-19H2/b13-11-. The van der Waals surface area contributed by atoms with E-state index in [1.165, 1.54) is 16.5 Å². The fourth-order valence-electron chi connectivity index (χ4n) is 3.86. The smallest absolute Gasteiger partial charge is 0.289 e. The Morgan fingerprint density at radius 1 is 0.742 bits per heavy atom. The van der Waals surface area contributed by atoms with Crippen LogP contribution < -0.4 is 4.74 Å². The number of rotatable bonds is 5. The van der Waals surface area contributed by atoms with Crippen molar-refractivity contribution in [2.75, 3.05) is 13.2 Å². The van der Waals surface area contributed by atoms with Crippen LogP contribution in [0.1, 0.15) is 29.5 Å². The van der Waals surface area contributed by atoms with Crippen LogP contribution in [0.25, 0.3) is 29.0 Å². The van der Waals surface area contributed by atoms with E-state index >= 15 is 0 Å². The molecule has 3 aromatic carbocycles. The van der Waals surface area contributed by atoms with Crippen molar-refractivity contribution in [3.63, 3.8) is 0 Å². The third-order valence-corrected chi connectivity index (χ3v) is 5.52. The lowest BCUT2D eigenvalue weighted by Gasteiger charge is -2.14. The van der Waals surface area contributed by atoms with Crippen molar-refractivity contribution in [2.45, 2.75) is 12.8 Å². The van der Waals surface area contributed by atoms with Crippen molar-refractivity contribution in [2.24, 2.45) is 0 Å². The second kappa shape index (κ2) is 9.07. The maximum Gasteiger partial charge on any atom is 0.289 e. The van der Waals surface area contributed by atoms with E-state index in [-0.39, 0.29) is 0 Å². The molecular formula is C28H24O3. The van der Waals surface area contributed by atoms with Crippen LogP contribution in [-0.2, 0) is 4.74 Å². The van der Waals surface area contributed by atoms with E-state index in [1.807, 2.05) is 18.2 Å². The summed E-state index contributed by atoms with van der Waals surface area (Å²) in [5.74, 6) is 1.25. The monoisotopic (exact) mass is 408 g/mol. The lowest BCUT2D eigenvalue weighted by molar-refractivity contribution is 0.119. The van der Waals surface area contributed by atoms with Crippen molar-refractivity contribution in [3.8, 4) is 11.7 Å². The van der Waals surface area contributed by atoms with Crippen LogP contribution in [0.5, 0.6) is 11.7 Å². The fourth-order valence-corrected chi connectivity index (χ4v) is 3.86. The largest absolute Gasteiger partial charge is 0.434 e. The molecule has 1 aliphatic rings. The summed E-state index contributed by atoms with van der Waals surface area (Å²) in [6.45, 7) is 1.67. The van der Waals surface area contributed by atoms with Gasteiger partial charge in [0.15, 0.2) is 0 Å². The van der Waals surface area contributed by atoms with E-state index < -0.39 is 0 Å². The summed E-state index contributed by atoms with van der Waals surface area (Å²) in [6, 6.07) is 24.7. The second-order valence-corrected chi connectivity index (χ2v) is 7.65. The first-order chi connectivity index (χ1) is 15.3. The Labute approximate surface area is 182 Å². The first-order valence-electron chi connectivity index (χ1n) is 10.6. The number of benzene rings is 3. The minimum absolute atomic E-state index is 0.482. The number of furan rings is 1. The maximum atomic E-state index is 6.01. The van der Waals surface area contributed by atoms with Crippen LogP contribution >= 0.6 is 0 Å². The molecule has 154 valence electrons. The van der Waals surface area contributed by atoms with Gasteiger partial charge in [-0.2, -0.15) is 0 Å². The van der Waals surface area contributed by atoms with Gasteiger partial charge in [0.25, 0.3) is 5.95 Å². The van der Waals surface area contributed by atoms with Gasteiger partial charge in [-0.3, -0.25) is 0 Å².